The lowest BCUT2D eigenvalue weighted by Gasteiger charge is -2.07. The Labute approximate surface area is 136 Å². The molecule has 0 N–H and O–H groups in total. The standard InChI is InChI=1S/C15H16BrN3O3/c1-9-5-11(6-14(10(9)2)19(20)21)17-8-12-7-13(16)15(22-12)18(3)4/h5-8H,1-4H3. The van der Waals surface area contributed by atoms with Crippen molar-refractivity contribution in [2.75, 3.05) is 19.0 Å². The third-order valence-electron chi connectivity index (χ3n) is 3.26. The Morgan fingerprint density at radius 2 is 2.00 bits per heavy atom. The molecular formula is C15H16BrN3O3. The van der Waals surface area contributed by atoms with Crippen LogP contribution in [0.15, 0.2) is 32.1 Å². The summed E-state index contributed by atoms with van der Waals surface area (Å²) in [4.78, 5) is 16.8. The molecule has 0 bridgehead atoms. The molecule has 0 aliphatic heterocycles. The second-order valence-corrected chi connectivity index (χ2v) is 5.97. The Morgan fingerprint density at radius 3 is 2.55 bits per heavy atom. The number of rotatable bonds is 4. The number of benzene rings is 1. The van der Waals surface area contributed by atoms with Gasteiger partial charge in [-0.15, -0.1) is 0 Å². The summed E-state index contributed by atoms with van der Waals surface area (Å²) in [5.74, 6) is 1.25. The fraction of sp³-hybridized carbons (Fsp3) is 0.267. The van der Waals surface area contributed by atoms with Crippen LogP contribution in [0.1, 0.15) is 16.9 Å². The number of aryl methyl sites for hydroxylation is 1. The maximum atomic E-state index is 11.0. The number of nitro groups is 1. The van der Waals surface area contributed by atoms with Gasteiger partial charge in [-0.3, -0.25) is 15.1 Å². The summed E-state index contributed by atoms with van der Waals surface area (Å²) in [7, 11) is 3.74. The van der Waals surface area contributed by atoms with E-state index in [1.54, 1.807) is 19.2 Å². The highest BCUT2D eigenvalue weighted by atomic mass is 79.9. The van der Waals surface area contributed by atoms with Gasteiger partial charge < -0.3 is 9.32 Å². The van der Waals surface area contributed by atoms with E-state index in [9.17, 15) is 10.1 Å². The number of halogens is 1. The van der Waals surface area contributed by atoms with Gasteiger partial charge in [0.2, 0.25) is 5.88 Å². The van der Waals surface area contributed by atoms with Gasteiger partial charge in [-0.25, -0.2) is 0 Å². The minimum absolute atomic E-state index is 0.0711. The summed E-state index contributed by atoms with van der Waals surface area (Å²) in [6, 6.07) is 5.07. The van der Waals surface area contributed by atoms with Crippen LogP contribution in [0.4, 0.5) is 17.3 Å². The van der Waals surface area contributed by atoms with Crippen molar-refractivity contribution in [1.82, 2.24) is 0 Å². The number of furan rings is 1. The first kappa shape index (κ1) is 16.2. The maximum absolute atomic E-state index is 11.0. The van der Waals surface area contributed by atoms with E-state index in [-0.39, 0.29) is 5.69 Å². The van der Waals surface area contributed by atoms with Crippen molar-refractivity contribution < 1.29 is 9.34 Å². The van der Waals surface area contributed by atoms with E-state index in [0.29, 0.717) is 22.9 Å². The maximum Gasteiger partial charge on any atom is 0.274 e. The van der Waals surface area contributed by atoms with Gasteiger partial charge >= 0.3 is 0 Å². The van der Waals surface area contributed by atoms with Crippen LogP contribution in [0.3, 0.4) is 0 Å². The molecule has 0 spiro atoms. The molecule has 22 heavy (non-hydrogen) atoms. The van der Waals surface area contributed by atoms with Crippen LogP contribution in [0.2, 0.25) is 0 Å². The van der Waals surface area contributed by atoms with Crippen molar-refractivity contribution in [3.8, 4) is 0 Å². The number of hydrogen-bond acceptors (Lipinski definition) is 5. The molecule has 1 aromatic carbocycles. The summed E-state index contributed by atoms with van der Waals surface area (Å²) < 4.78 is 6.45. The third kappa shape index (κ3) is 3.36. The zero-order valence-corrected chi connectivity index (χ0v) is 14.3. The number of nitro benzene ring substituents is 1. The van der Waals surface area contributed by atoms with Crippen LogP contribution in [0, 0.1) is 24.0 Å². The minimum atomic E-state index is -0.394. The van der Waals surface area contributed by atoms with Crippen molar-refractivity contribution in [3.05, 3.63) is 49.7 Å². The van der Waals surface area contributed by atoms with E-state index in [0.717, 1.165) is 10.0 Å². The Bertz CT molecular complexity index is 751. The average molecular weight is 366 g/mol. The lowest BCUT2D eigenvalue weighted by atomic mass is 10.1. The van der Waals surface area contributed by atoms with E-state index in [4.69, 9.17) is 4.42 Å². The van der Waals surface area contributed by atoms with Crippen LogP contribution >= 0.6 is 15.9 Å². The molecule has 0 atom stereocenters. The number of nitrogens with zero attached hydrogens (tertiary/aromatic N) is 3. The van der Waals surface area contributed by atoms with Gasteiger partial charge in [-0.2, -0.15) is 0 Å². The van der Waals surface area contributed by atoms with Crippen LogP contribution in [0.5, 0.6) is 0 Å². The van der Waals surface area contributed by atoms with Crippen molar-refractivity contribution in [3.63, 3.8) is 0 Å². The van der Waals surface area contributed by atoms with Gasteiger partial charge in [-0.05, 0) is 41.4 Å². The Balaban J connectivity index is 2.34. The fourth-order valence-electron chi connectivity index (χ4n) is 1.97. The lowest BCUT2D eigenvalue weighted by Crippen LogP contribution is -2.07. The summed E-state index contributed by atoms with van der Waals surface area (Å²) >= 11 is 3.41. The molecule has 116 valence electrons. The first-order valence-electron chi connectivity index (χ1n) is 6.56. The van der Waals surface area contributed by atoms with Gasteiger partial charge in [0, 0.05) is 31.8 Å². The van der Waals surface area contributed by atoms with Crippen LogP contribution in [-0.4, -0.2) is 25.2 Å². The van der Waals surface area contributed by atoms with E-state index < -0.39 is 4.92 Å². The number of aliphatic imine (C=N–C) groups is 1. The number of hydrogen-bond donors (Lipinski definition) is 0. The van der Waals surface area contributed by atoms with Gasteiger partial charge in [0.05, 0.1) is 21.3 Å². The highest BCUT2D eigenvalue weighted by Gasteiger charge is 2.14. The van der Waals surface area contributed by atoms with Gasteiger partial charge in [0.25, 0.3) is 5.69 Å². The molecule has 0 unspecified atom stereocenters. The summed E-state index contributed by atoms with van der Waals surface area (Å²) in [5.41, 5.74) is 2.08. The zero-order valence-electron chi connectivity index (χ0n) is 12.8. The van der Waals surface area contributed by atoms with Gasteiger partial charge in [0.15, 0.2) is 0 Å². The highest BCUT2D eigenvalue weighted by Crippen LogP contribution is 2.30. The average Bonchev–Trinajstić information content (AvgIpc) is 2.81. The third-order valence-corrected chi connectivity index (χ3v) is 3.82. The monoisotopic (exact) mass is 365 g/mol. The largest absolute Gasteiger partial charge is 0.438 e. The second kappa shape index (κ2) is 6.31. The van der Waals surface area contributed by atoms with E-state index in [1.165, 1.54) is 6.07 Å². The molecular weight excluding hydrogens is 350 g/mol. The molecule has 0 aliphatic rings. The Morgan fingerprint density at radius 1 is 1.32 bits per heavy atom. The number of anilines is 1. The first-order chi connectivity index (χ1) is 10.3. The lowest BCUT2D eigenvalue weighted by molar-refractivity contribution is -0.385. The van der Waals surface area contributed by atoms with E-state index >= 15 is 0 Å². The fourth-order valence-corrected chi connectivity index (χ4v) is 2.63. The Kier molecular flexibility index (Phi) is 4.65. The molecule has 2 rings (SSSR count). The topological polar surface area (TPSA) is 71.9 Å². The summed E-state index contributed by atoms with van der Waals surface area (Å²) in [6.45, 7) is 3.56. The predicted molar refractivity (Wildman–Crippen MR) is 90.6 cm³/mol. The van der Waals surface area contributed by atoms with Gasteiger partial charge in [0.1, 0.15) is 5.76 Å². The molecule has 6 nitrogen and oxygen atoms in total. The zero-order chi connectivity index (χ0) is 16.4. The molecule has 1 aromatic heterocycles. The summed E-state index contributed by atoms with van der Waals surface area (Å²) in [6.07, 6.45) is 1.55. The Hall–Kier alpha value is -2.15. The molecule has 0 saturated carbocycles. The molecule has 0 saturated heterocycles. The molecule has 0 radical (unpaired) electrons. The van der Waals surface area contributed by atoms with Crippen molar-refractivity contribution in [2.45, 2.75) is 13.8 Å². The molecule has 2 aromatic rings. The van der Waals surface area contributed by atoms with E-state index in [1.807, 2.05) is 32.0 Å². The highest BCUT2D eigenvalue weighted by molar-refractivity contribution is 9.10. The van der Waals surface area contributed by atoms with Crippen LogP contribution < -0.4 is 4.90 Å². The first-order valence-corrected chi connectivity index (χ1v) is 7.35. The molecule has 7 heteroatoms. The smallest absolute Gasteiger partial charge is 0.274 e. The molecule has 0 aliphatic carbocycles. The molecule has 0 amide bonds. The SMILES string of the molecule is Cc1cc(N=Cc2cc(Br)c(N(C)C)o2)cc([N+](=O)[O-])c1C. The molecule has 1 heterocycles. The minimum Gasteiger partial charge on any atom is -0.438 e. The van der Waals surface area contributed by atoms with Crippen molar-refractivity contribution in [1.29, 1.82) is 0 Å². The predicted octanol–water partition coefficient (Wildman–Crippen LogP) is 4.38. The van der Waals surface area contributed by atoms with Crippen LogP contribution in [-0.2, 0) is 0 Å². The van der Waals surface area contributed by atoms with Crippen molar-refractivity contribution >= 4 is 39.4 Å². The normalized spacial score (nSPS) is 11.1. The quantitative estimate of drug-likeness (QED) is 0.457. The second-order valence-electron chi connectivity index (χ2n) is 5.12. The van der Waals surface area contributed by atoms with Crippen molar-refractivity contribution in [2.24, 2.45) is 4.99 Å². The summed E-state index contributed by atoms with van der Waals surface area (Å²) in [5, 5.41) is 11.0. The van der Waals surface area contributed by atoms with Gasteiger partial charge in [-0.1, -0.05) is 0 Å². The molecule has 0 fully saturated rings. The van der Waals surface area contributed by atoms with E-state index in [2.05, 4.69) is 20.9 Å². The van der Waals surface area contributed by atoms with Crippen LogP contribution in [0.25, 0.3) is 0 Å².